The van der Waals surface area contributed by atoms with Crippen LogP contribution < -0.4 is 4.90 Å². The van der Waals surface area contributed by atoms with Gasteiger partial charge in [-0.1, -0.05) is 32.6 Å². The molecule has 1 aromatic rings. The number of para-hydroxylation sites is 1. The molecule has 2 saturated heterocycles. The summed E-state index contributed by atoms with van der Waals surface area (Å²) in [6.45, 7) is 15.1. The number of amides is 2. The number of fused-ring (bicyclic) bond motifs is 1. The van der Waals surface area contributed by atoms with E-state index < -0.39 is 0 Å². The maximum atomic E-state index is 14.4. The molecular formula is C35H51FN7O3. The van der Waals surface area contributed by atoms with Gasteiger partial charge in [0.05, 0.1) is 30.3 Å². The zero-order chi connectivity index (χ0) is 33.6. The van der Waals surface area contributed by atoms with Crippen LogP contribution in [-0.4, -0.2) is 104 Å². The summed E-state index contributed by atoms with van der Waals surface area (Å²) < 4.78 is 20.1. The Kier molecular flexibility index (Phi) is 14.7. The first-order valence-electron chi connectivity index (χ1n) is 16.6. The van der Waals surface area contributed by atoms with Crippen LogP contribution in [0.15, 0.2) is 40.8 Å². The number of amidine groups is 2. The van der Waals surface area contributed by atoms with Crippen LogP contribution in [0.4, 0.5) is 10.1 Å². The quantitative estimate of drug-likeness (QED) is 0.413. The lowest BCUT2D eigenvalue weighted by Crippen LogP contribution is -2.53. The third-order valence-corrected chi connectivity index (χ3v) is 8.63. The number of nitrogens with zero attached hydrogens (tertiary/aromatic N) is 7. The molecular weight excluding hydrogens is 585 g/mol. The topological polar surface area (TPSA) is 105 Å². The summed E-state index contributed by atoms with van der Waals surface area (Å²) in [5.41, 5.74) is 1.20. The van der Waals surface area contributed by atoms with Crippen molar-refractivity contribution in [2.75, 3.05) is 64.9 Å². The highest BCUT2D eigenvalue weighted by Gasteiger charge is 2.40. The average Bonchev–Trinajstić information content (AvgIpc) is 3.55. The van der Waals surface area contributed by atoms with Crippen LogP contribution in [-0.2, 0) is 20.7 Å². The van der Waals surface area contributed by atoms with Gasteiger partial charge < -0.3 is 24.3 Å². The van der Waals surface area contributed by atoms with Crippen molar-refractivity contribution in [2.45, 2.75) is 71.8 Å². The minimum Gasteiger partial charge on any atom is -0.464 e. The van der Waals surface area contributed by atoms with Gasteiger partial charge in [-0.05, 0) is 83.3 Å². The normalized spacial score (nSPS) is 21.5. The van der Waals surface area contributed by atoms with E-state index in [9.17, 15) is 14.0 Å². The number of nitriles is 1. The lowest BCUT2D eigenvalue weighted by Gasteiger charge is -2.41. The van der Waals surface area contributed by atoms with Crippen LogP contribution in [0.5, 0.6) is 0 Å². The number of ether oxygens (including phenoxy) is 1. The van der Waals surface area contributed by atoms with E-state index >= 15 is 0 Å². The summed E-state index contributed by atoms with van der Waals surface area (Å²) >= 11 is 0. The van der Waals surface area contributed by atoms with Gasteiger partial charge in [-0.25, -0.2) is 9.38 Å². The van der Waals surface area contributed by atoms with Gasteiger partial charge in [0.25, 0.3) is 0 Å². The summed E-state index contributed by atoms with van der Waals surface area (Å²) in [5.74, 6) is 0.999. The number of aliphatic imine (C=N–C) groups is 2. The monoisotopic (exact) mass is 636 g/mol. The van der Waals surface area contributed by atoms with Crippen molar-refractivity contribution in [1.82, 2.24) is 14.7 Å². The number of benzene rings is 1. The van der Waals surface area contributed by atoms with Crippen LogP contribution in [0, 0.1) is 29.0 Å². The van der Waals surface area contributed by atoms with Crippen molar-refractivity contribution in [3.05, 3.63) is 48.2 Å². The fourth-order valence-corrected chi connectivity index (χ4v) is 6.16. The summed E-state index contributed by atoms with van der Waals surface area (Å²) in [6, 6.07) is 7.02. The zero-order valence-corrected chi connectivity index (χ0v) is 28.3. The van der Waals surface area contributed by atoms with Gasteiger partial charge >= 0.3 is 6.02 Å². The first-order valence-corrected chi connectivity index (χ1v) is 16.6. The van der Waals surface area contributed by atoms with E-state index in [1.165, 1.54) is 43.0 Å². The number of halogens is 1. The molecule has 0 aromatic heterocycles. The van der Waals surface area contributed by atoms with Crippen molar-refractivity contribution >= 4 is 29.4 Å². The standard InChI is InChI=1S/C26H33FN5O3.C5H11N.C4H7N/c1-5-19-21(16-18-15-17-9-8-10-20(27)23(17)30(4)25(18)34)28-26(35-7-3)29-24(19)32-13-11-31(12-14-32)22(33)6-2;1-6-4-2-3-5-6;1-2-3-4-5/h6,8-10,18,21H,2,5,7,11-16H2,1,3-4H3;2-5H2,1H3;2-3H2,1H3/t18-,21?;;/m0../s1. The van der Waals surface area contributed by atoms with Gasteiger partial charge in [0.1, 0.15) is 11.7 Å². The van der Waals surface area contributed by atoms with E-state index in [2.05, 4.69) is 30.4 Å². The molecule has 1 unspecified atom stereocenters. The third-order valence-electron chi connectivity index (χ3n) is 8.63. The van der Waals surface area contributed by atoms with Gasteiger partial charge in [0.15, 0.2) is 0 Å². The molecule has 0 saturated carbocycles. The molecule has 1 aromatic carbocycles. The van der Waals surface area contributed by atoms with Gasteiger partial charge in [-0.2, -0.15) is 10.3 Å². The zero-order valence-electron chi connectivity index (χ0n) is 28.3. The van der Waals surface area contributed by atoms with E-state index in [-0.39, 0.29) is 29.6 Å². The molecule has 1 radical (unpaired) electrons. The van der Waals surface area contributed by atoms with Crippen molar-refractivity contribution in [1.29, 1.82) is 5.26 Å². The van der Waals surface area contributed by atoms with Crippen molar-refractivity contribution in [3.63, 3.8) is 0 Å². The molecule has 2 fully saturated rings. The molecule has 2 amide bonds. The maximum absolute atomic E-state index is 14.4. The fourth-order valence-electron chi connectivity index (χ4n) is 6.16. The predicted molar refractivity (Wildman–Crippen MR) is 181 cm³/mol. The highest BCUT2D eigenvalue weighted by atomic mass is 19.1. The number of anilines is 1. The number of likely N-dealkylation sites (tertiary alicyclic amines) is 1. The Labute approximate surface area is 274 Å². The fraction of sp³-hybridized carbons (Fsp3) is 0.600. The minimum absolute atomic E-state index is 0.0685. The molecule has 0 N–H and O–H groups in total. The molecule has 10 nitrogen and oxygen atoms in total. The summed E-state index contributed by atoms with van der Waals surface area (Å²) in [7, 11) is 3.81. The van der Waals surface area contributed by atoms with E-state index in [1.54, 1.807) is 18.0 Å². The molecule has 4 aliphatic heterocycles. The lowest BCUT2D eigenvalue weighted by atomic mass is 9.82. The van der Waals surface area contributed by atoms with Gasteiger partial charge in [-0.15, -0.1) is 0 Å². The SMILES string of the molecule is C=CC(=O)N1CCN(C2=NC(OCC)=NC(C[C@@H]3Cc4cccc(F)c4N(C)C3=O)[C]2CC)CC1.CCCC#N.CN1CCCC1. The molecule has 0 aliphatic carbocycles. The van der Waals surface area contributed by atoms with Crippen molar-refractivity contribution < 1.29 is 18.7 Å². The highest BCUT2D eigenvalue weighted by molar-refractivity contribution is 6.05. The first kappa shape index (κ1) is 36.7. The minimum atomic E-state index is -0.379. The Hall–Kier alpha value is -3.78. The van der Waals surface area contributed by atoms with E-state index in [0.717, 1.165) is 30.2 Å². The predicted octanol–water partition coefficient (Wildman–Crippen LogP) is 4.86. The first-order chi connectivity index (χ1) is 22.2. The molecule has 4 heterocycles. The van der Waals surface area contributed by atoms with Gasteiger partial charge in [0, 0.05) is 45.6 Å². The van der Waals surface area contributed by atoms with Crippen LogP contribution in [0.3, 0.4) is 0 Å². The number of rotatable bonds is 6. The summed E-state index contributed by atoms with van der Waals surface area (Å²) in [5, 5.41) is 7.82. The molecule has 251 valence electrons. The molecule has 0 bridgehead atoms. The van der Waals surface area contributed by atoms with Crippen molar-refractivity contribution in [3.8, 4) is 6.07 Å². The largest absolute Gasteiger partial charge is 0.464 e. The number of carbonyl (C=O) groups is 2. The number of hydrogen-bond acceptors (Lipinski definition) is 8. The van der Waals surface area contributed by atoms with Crippen LogP contribution in [0.25, 0.3) is 0 Å². The molecule has 11 heteroatoms. The van der Waals surface area contributed by atoms with Gasteiger partial charge in [-0.3, -0.25) is 9.59 Å². The number of unbranched alkanes of at least 4 members (excludes halogenated alkanes) is 1. The molecule has 0 spiro atoms. The number of piperazine rings is 1. The Morgan fingerprint density at radius 3 is 2.35 bits per heavy atom. The van der Waals surface area contributed by atoms with E-state index in [1.807, 2.05) is 26.0 Å². The lowest BCUT2D eigenvalue weighted by molar-refractivity contribution is -0.127. The Morgan fingerprint density at radius 2 is 1.83 bits per heavy atom. The second kappa shape index (κ2) is 18.4. The van der Waals surface area contributed by atoms with E-state index in [4.69, 9.17) is 20.0 Å². The van der Waals surface area contributed by atoms with Crippen LogP contribution in [0.1, 0.15) is 64.9 Å². The number of hydrogen-bond donors (Lipinski definition) is 0. The summed E-state index contributed by atoms with van der Waals surface area (Å²) in [4.78, 5) is 42.5. The Bertz CT molecular complexity index is 1280. The smallest absolute Gasteiger partial charge is 0.313 e. The molecule has 2 atom stereocenters. The van der Waals surface area contributed by atoms with Crippen LogP contribution in [0.2, 0.25) is 0 Å². The second-order valence-corrected chi connectivity index (χ2v) is 11.9. The Balaban J connectivity index is 0.000000444. The Morgan fingerprint density at radius 1 is 1.13 bits per heavy atom. The summed E-state index contributed by atoms with van der Waals surface area (Å²) in [6.07, 6.45) is 7.53. The van der Waals surface area contributed by atoms with Crippen LogP contribution >= 0.6 is 0 Å². The van der Waals surface area contributed by atoms with Gasteiger partial charge in [0.2, 0.25) is 11.8 Å². The average molecular weight is 637 g/mol. The molecule has 46 heavy (non-hydrogen) atoms. The maximum Gasteiger partial charge on any atom is 0.313 e. The molecule has 5 rings (SSSR count). The second-order valence-electron chi connectivity index (χ2n) is 11.9. The van der Waals surface area contributed by atoms with Crippen molar-refractivity contribution in [2.24, 2.45) is 15.9 Å². The highest BCUT2D eigenvalue weighted by Crippen LogP contribution is 2.37. The van der Waals surface area contributed by atoms with E-state index in [0.29, 0.717) is 63.8 Å². The third kappa shape index (κ3) is 9.61. The number of carbonyl (C=O) groups excluding carboxylic acids is 2. The molecule has 4 aliphatic rings.